The third kappa shape index (κ3) is 9.06. The fraction of sp³-hybridized carbons (Fsp3) is 0.600. The molecule has 9 heteroatoms. The summed E-state index contributed by atoms with van der Waals surface area (Å²) in [7, 11) is 3.49. The molecule has 0 aliphatic heterocycles. The number of carbonyl (C=O) groups is 4. The molecule has 0 aromatic heterocycles. The van der Waals surface area contributed by atoms with Crippen LogP contribution in [0.25, 0.3) is 0 Å². The van der Waals surface area contributed by atoms with Crippen molar-refractivity contribution in [2.45, 2.75) is 85.9 Å². The fourth-order valence-corrected chi connectivity index (χ4v) is 4.87. The molecule has 0 fully saturated rings. The SMILES string of the molecule is CCOC(=O)/C(C)=C/[C@H](C(C)C)N(C)C(=O)[C@@H](NC(=O)[C@@H](N(C)BC=O)C(C)(C)c1ccccc1)C(C)(C)C. The standard InChI is InChI=1S/C30H48BN3O5/c1-12-39-28(38)21(4)18-23(20(2)3)33(10)27(37)24(29(5,6)7)32-26(36)25(34(11)31-19-35)30(8,9)22-16-14-13-15-17-22/h13-20,23-25,31H,12H2,1-11H3,(H,32,36)/b21-18+/t23-,24-,25-/m1/s1. The van der Waals surface area contributed by atoms with Gasteiger partial charge in [0.25, 0.3) is 7.41 Å². The van der Waals surface area contributed by atoms with Crippen LogP contribution in [0, 0.1) is 11.3 Å². The molecule has 1 aromatic rings. The molecule has 1 aromatic carbocycles. The van der Waals surface area contributed by atoms with Gasteiger partial charge < -0.3 is 24.6 Å². The summed E-state index contributed by atoms with van der Waals surface area (Å²) in [5.41, 5.74) is 0.0814. The van der Waals surface area contributed by atoms with E-state index in [9.17, 15) is 19.2 Å². The minimum atomic E-state index is -0.855. The minimum Gasteiger partial charge on any atom is -0.463 e. The van der Waals surface area contributed by atoms with Gasteiger partial charge in [-0.3, -0.25) is 9.59 Å². The van der Waals surface area contributed by atoms with Gasteiger partial charge in [-0.25, -0.2) is 4.79 Å². The first-order valence-corrected chi connectivity index (χ1v) is 13.6. The summed E-state index contributed by atoms with van der Waals surface area (Å²) >= 11 is 0. The van der Waals surface area contributed by atoms with E-state index in [4.69, 9.17) is 4.74 Å². The summed E-state index contributed by atoms with van der Waals surface area (Å²) in [6, 6.07) is 7.70. The molecule has 0 aliphatic rings. The third-order valence-corrected chi connectivity index (χ3v) is 7.15. The maximum atomic E-state index is 14.0. The van der Waals surface area contributed by atoms with Crippen molar-refractivity contribution < 1.29 is 23.9 Å². The van der Waals surface area contributed by atoms with E-state index in [1.54, 1.807) is 43.7 Å². The van der Waals surface area contributed by atoms with E-state index >= 15 is 0 Å². The molecule has 0 saturated carbocycles. The second-order valence-corrected chi connectivity index (χ2v) is 12.2. The number of carbonyl (C=O) groups excluding carboxylic acids is 4. The van der Waals surface area contributed by atoms with Gasteiger partial charge in [-0.15, -0.1) is 0 Å². The van der Waals surface area contributed by atoms with Crippen molar-refractivity contribution in [3.8, 4) is 0 Å². The van der Waals surface area contributed by atoms with Crippen molar-refractivity contribution in [1.29, 1.82) is 0 Å². The average molecular weight is 542 g/mol. The summed E-state index contributed by atoms with van der Waals surface area (Å²) in [6.45, 7) is 17.3. The number of esters is 1. The van der Waals surface area contributed by atoms with Gasteiger partial charge in [0.05, 0.1) is 24.9 Å². The highest BCUT2D eigenvalue weighted by Crippen LogP contribution is 2.31. The predicted molar refractivity (Wildman–Crippen MR) is 158 cm³/mol. The van der Waals surface area contributed by atoms with Crippen LogP contribution in [0.15, 0.2) is 42.0 Å². The lowest BCUT2D eigenvalue weighted by Gasteiger charge is -2.42. The van der Waals surface area contributed by atoms with E-state index in [2.05, 4.69) is 5.32 Å². The molecular weight excluding hydrogens is 493 g/mol. The summed E-state index contributed by atoms with van der Waals surface area (Å²) in [4.78, 5) is 55.0. The predicted octanol–water partition coefficient (Wildman–Crippen LogP) is 3.33. The number of amides is 2. The first-order chi connectivity index (χ1) is 18.0. The minimum absolute atomic E-state index is 0.00290. The van der Waals surface area contributed by atoms with Crippen LogP contribution in [0.4, 0.5) is 0 Å². The molecule has 0 bridgehead atoms. The average Bonchev–Trinajstić information content (AvgIpc) is 2.84. The van der Waals surface area contributed by atoms with Gasteiger partial charge in [0, 0.05) is 18.0 Å². The van der Waals surface area contributed by atoms with Gasteiger partial charge in [0.1, 0.15) is 6.04 Å². The number of nitrogens with one attached hydrogen (secondary N) is 1. The first-order valence-electron chi connectivity index (χ1n) is 13.6. The Labute approximate surface area is 235 Å². The van der Waals surface area contributed by atoms with E-state index in [0.717, 1.165) is 11.7 Å². The summed E-state index contributed by atoms with van der Waals surface area (Å²) in [5, 5.41) is 3.04. The molecule has 0 heterocycles. The van der Waals surface area contributed by atoms with Gasteiger partial charge in [0.15, 0.2) is 0 Å². The lowest BCUT2D eigenvalue weighted by atomic mass is 9.73. The normalized spacial score (nSPS) is 14.8. The van der Waals surface area contributed by atoms with Crippen LogP contribution >= 0.6 is 0 Å². The van der Waals surface area contributed by atoms with Crippen LogP contribution in [0.3, 0.4) is 0 Å². The molecule has 39 heavy (non-hydrogen) atoms. The van der Waals surface area contributed by atoms with Gasteiger partial charge in [-0.05, 0) is 37.8 Å². The van der Waals surface area contributed by atoms with Crippen LogP contribution in [-0.4, -0.2) is 79.9 Å². The second-order valence-electron chi connectivity index (χ2n) is 12.2. The van der Waals surface area contributed by atoms with Crippen LogP contribution in [-0.2, 0) is 29.3 Å². The van der Waals surface area contributed by atoms with Crippen molar-refractivity contribution in [3.63, 3.8) is 0 Å². The first kappa shape index (κ1) is 34.1. The smallest absolute Gasteiger partial charge is 0.333 e. The molecule has 3 atom stereocenters. The van der Waals surface area contributed by atoms with E-state index in [1.165, 1.54) is 0 Å². The Kier molecular flexibility index (Phi) is 12.6. The molecule has 0 aliphatic carbocycles. The van der Waals surface area contributed by atoms with Gasteiger partial charge in [-0.1, -0.05) is 84.9 Å². The monoisotopic (exact) mass is 541 g/mol. The number of benzene rings is 1. The van der Waals surface area contributed by atoms with Crippen molar-refractivity contribution in [3.05, 3.63) is 47.5 Å². The zero-order valence-corrected chi connectivity index (χ0v) is 25.7. The molecule has 0 unspecified atom stereocenters. The highest BCUT2D eigenvalue weighted by atomic mass is 16.5. The van der Waals surface area contributed by atoms with E-state index in [-0.39, 0.29) is 31.8 Å². The molecule has 2 amide bonds. The molecule has 0 radical (unpaired) electrons. The van der Waals surface area contributed by atoms with Crippen LogP contribution in [0.2, 0.25) is 0 Å². The summed E-state index contributed by atoms with van der Waals surface area (Å²) < 4.78 is 5.12. The maximum Gasteiger partial charge on any atom is 0.333 e. The highest BCUT2D eigenvalue weighted by molar-refractivity contribution is 6.64. The number of nitrogens with zero attached hydrogens (tertiary/aromatic N) is 2. The zero-order chi connectivity index (χ0) is 30.1. The van der Waals surface area contributed by atoms with Gasteiger partial charge in [0.2, 0.25) is 11.8 Å². The van der Waals surface area contributed by atoms with Crippen LogP contribution in [0.5, 0.6) is 0 Å². The molecule has 1 rings (SSSR count). The van der Waals surface area contributed by atoms with Crippen LogP contribution < -0.4 is 5.32 Å². The summed E-state index contributed by atoms with van der Waals surface area (Å²) in [6.07, 6.45) is 2.52. The molecule has 216 valence electrons. The Morgan fingerprint density at radius 2 is 1.62 bits per heavy atom. The number of hydrogen-bond acceptors (Lipinski definition) is 6. The molecule has 1 N–H and O–H groups in total. The molecule has 0 spiro atoms. The second kappa shape index (κ2) is 14.5. The highest BCUT2D eigenvalue weighted by Gasteiger charge is 2.43. The van der Waals surface area contributed by atoms with Crippen molar-refractivity contribution in [1.82, 2.24) is 15.0 Å². The van der Waals surface area contributed by atoms with E-state index in [0.29, 0.717) is 5.57 Å². The lowest BCUT2D eigenvalue weighted by molar-refractivity contribution is -0.141. The Morgan fingerprint density at radius 1 is 1.05 bits per heavy atom. The Bertz CT molecular complexity index is 1020. The zero-order valence-electron chi connectivity index (χ0n) is 25.7. The van der Waals surface area contributed by atoms with Gasteiger partial charge in [-0.2, -0.15) is 0 Å². The number of likely N-dealkylation sites (N-methyl/N-ethyl adjacent to an activating group) is 2. The van der Waals surface area contributed by atoms with Crippen LogP contribution in [0.1, 0.15) is 67.9 Å². The third-order valence-electron chi connectivity index (χ3n) is 7.15. The fourth-order valence-electron chi connectivity index (χ4n) is 4.87. The quantitative estimate of drug-likeness (QED) is 0.178. The Morgan fingerprint density at radius 3 is 2.08 bits per heavy atom. The largest absolute Gasteiger partial charge is 0.463 e. The molecule has 0 saturated heterocycles. The van der Waals surface area contributed by atoms with Crippen molar-refractivity contribution in [2.75, 3.05) is 20.7 Å². The topological polar surface area (TPSA) is 96.0 Å². The maximum absolute atomic E-state index is 14.0. The molecule has 8 nitrogen and oxygen atoms in total. The number of hydrogen-bond donors (Lipinski definition) is 1. The Hall–Kier alpha value is -2.94. The van der Waals surface area contributed by atoms with Crippen molar-refractivity contribution in [2.24, 2.45) is 11.3 Å². The van der Waals surface area contributed by atoms with Gasteiger partial charge >= 0.3 is 5.97 Å². The number of ether oxygens (including phenoxy) is 1. The van der Waals surface area contributed by atoms with E-state index in [1.807, 2.05) is 78.8 Å². The Balaban J connectivity index is 3.44. The van der Waals surface area contributed by atoms with E-state index < -0.39 is 34.9 Å². The number of rotatable bonds is 13. The lowest BCUT2D eigenvalue weighted by Crippen LogP contribution is -2.62. The van der Waals surface area contributed by atoms with Crippen molar-refractivity contribution >= 4 is 31.4 Å². The summed E-state index contributed by atoms with van der Waals surface area (Å²) in [5.74, 6) is -1.03. The molecular formula is C30H48BN3O5.